The Morgan fingerprint density at radius 3 is 2.41 bits per heavy atom. The zero-order chi connectivity index (χ0) is 19.3. The van der Waals surface area contributed by atoms with Crippen molar-refractivity contribution in [1.82, 2.24) is 9.71 Å². The van der Waals surface area contributed by atoms with E-state index < -0.39 is 10.0 Å². The minimum atomic E-state index is -3.70. The SMILES string of the molecule is COc1ccc(-c2ncccc2CNS(=O)(=O)c2ccc(C#N)cc2)cc1. The van der Waals surface area contributed by atoms with Crippen molar-refractivity contribution in [2.24, 2.45) is 0 Å². The van der Waals surface area contributed by atoms with E-state index in [0.717, 1.165) is 16.9 Å². The molecule has 0 atom stereocenters. The second kappa shape index (κ2) is 7.99. The van der Waals surface area contributed by atoms with E-state index in [1.165, 1.54) is 24.3 Å². The monoisotopic (exact) mass is 379 g/mol. The fraction of sp³-hybridized carbons (Fsp3) is 0.100. The molecule has 0 aliphatic heterocycles. The molecule has 3 aromatic rings. The first-order valence-electron chi connectivity index (χ1n) is 8.11. The Hall–Kier alpha value is -3.21. The Morgan fingerprint density at radius 2 is 1.78 bits per heavy atom. The summed E-state index contributed by atoms with van der Waals surface area (Å²) in [5.74, 6) is 0.734. The standard InChI is InChI=1S/C20H17N3O3S/c1-26-18-8-6-16(7-9-18)20-17(3-2-12-22-20)14-23-27(24,25)19-10-4-15(13-21)5-11-19/h2-12,23H,14H2,1H3. The van der Waals surface area contributed by atoms with Crippen LogP contribution in [0, 0.1) is 11.3 Å². The number of nitrogens with one attached hydrogen (secondary N) is 1. The highest BCUT2D eigenvalue weighted by atomic mass is 32.2. The molecule has 0 unspecified atom stereocenters. The number of nitriles is 1. The summed E-state index contributed by atoms with van der Waals surface area (Å²) in [6.45, 7) is 0.0948. The van der Waals surface area contributed by atoms with Crippen molar-refractivity contribution in [3.8, 4) is 23.1 Å². The second-order valence-corrected chi connectivity index (χ2v) is 7.47. The molecule has 1 heterocycles. The fourth-order valence-corrected chi connectivity index (χ4v) is 3.56. The molecule has 0 aliphatic carbocycles. The summed E-state index contributed by atoms with van der Waals surface area (Å²) in [4.78, 5) is 4.50. The Bertz CT molecular complexity index is 1070. The zero-order valence-electron chi connectivity index (χ0n) is 14.6. The number of hydrogen-bond acceptors (Lipinski definition) is 5. The van der Waals surface area contributed by atoms with Crippen LogP contribution in [0.25, 0.3) is 11.3 Å². The van der Waals surface area contributed by atoms with Gasteiger partial charge in [-0.1, -0.05) is 6.07 Å². The smallest absolute Gasteiger partial charge is 0.240 e. The lowest BCUT2D eigenvalue weighted by Gasteiger charge is -2.11. The summed E-state index contributed by atoms with van der Waals surface area (Å²) < 4.78 is 32.8. The highest BCUT2D eigenvalue weighted by molar-refractivity contribution is 7.89. The lowest BCUT2D eigenvalue weighted by molar-refractivity contribution is 0.415. The minimum absolute atomic E-state index is 0.0948. The van der Waals surface area contributed by atoms with Gasteiger partial charge in [-0.25, -0.2) is 13.1 Å². The molecular weight excluding hydrogens is 362 g/mol. The molecule has 0 radical (unpaired) electrons. The van der Waals surface area contributed by atoms with Crippen LogP contribution in [-0.2, 0) is 16.6 Å². The highest BCUT2D eigenvalue weighted by Gasteiger charge is 2.15. The van der Waals surface area contributed by atoms with Gasteiger partial charge < -0.3 is 4.74 Å². The van der Waals surface area contributed by atoms with E-state index in [4.69, 9.17) is 10.00 Å². The van der Waals surface area contributed by atoms with Crippen molar-refractivity contribution in [1.29, 1.82) is 5.26 Å². The van der Waals surface area contributed by atoms with Crippen LogP contribution >= 0.6 is 0 Å². The summed E-state index contributed by atoms with van der Waals surface area (Å²) in [5, 5.41) is 8.83. The van der Waals surface area contributed by atoms with Gasteiger partial charge >= 0.3 is 0 Å². The van der Waals surface area contributed by atoms with Gasteiger partial charge in [-0.2, -0.15) is 5.26 Å². The molecule has 0 aliphatic rings. The first-order valence-corrected chi connectivity index (χ1v) is 9.60. The Balaban J connectivity index is 1.82. The number of ether oxygens (including phenoxy) is 1. The molecule has 0 amide bonds. The van der Waals surface area contributed by atoms with Gasteiger partial charge in [-0.15, -0.1) is 0 Å². The van der Waals surface area contributed by atoms with Gasteiger partial charge in [0.2, 0.25) is 10.0 Å². The van der Waals surface area contributed by atoms with E-state index >= 15 is 0 Å². The molecule has 6 nitrogen and oxygen atoms in total. The van der Waals surface area contributed by atoms with Crippen molar-refractivity contribution >= 4 is 10.0 Å². The summed E-state index contributed by atoms with van der Waals surface area (Å²) >= 11 is 0. The molecular formula is C20H17N3O3S. The third kappa shape index (κ3) is 4.31. The number of pyridine rings is 1. The van der Waals surface area contributed by atoms with Gasteiger partial charge in [0.15, 0.2) is 0 Å². The van der Waals surface area contributed by atoms with Crippen molar-refractivity contribution < 1.29 is 13.2 Å². The van der Waals surface area contributed by atoms with Crippen LogP contribution in [0.5, 0.6) is 5.75 Å². The van der Waals surface area contributed by atoms with Crippen LogP contribution < -0.4 is 9.46 Å². The van der Waals surface area contributed by atoms with Crippen LogP contribution in [0.3, 0.4) is 0 Å². The molecule has 136 valence electrons. The molecule has 0 bridgehead atoms. The normalized spacial score (nSPS) is 11.0. The molecule has 0 saturated heterocycles. The summed E-state index contributed by atoms with van der Waals surface area (Å²) in [7, 11) is -2.10. The van der Waals surface area contributed by atoms with Crippen LogP contribution in [0.15, 0.2) is 71.8 Å². The predicted octanol–water partition coefficient (Wildman–Crippen LogP) is 3.11. The first kappa shape index (κ1) is 18.6. The Morgan fingerprint density at radius 1 is 1.07 bits per heavy atom. The van der Waals surface area contributed by atoms with Crippen LogP contribution in [0.4, 0.5) is 0 Å². The highest BCUT2D eigenvalue weighted by Crippen LogP contribution is 2.24. The van der Waals surface area contributed by atoms with Gasteiger partial charge in [-0.3, -0.25) is 4.98 Å². The van der Waals surface area contributed by atoms with Gasteiger partial charge in [-0.05, 0) is 60.2 Å². The maximum Gasteiger partial charge on any atom is 0.240 e. The Kier molecular flexibility index (Phi) is 5.50. The maximum atomic E-state index is 12.5. The molecule has 1 N–H and O–H groups in total. The summed E-state index contributed by atoms with van der Waals surface area (Å²) in [6.07, 6.45) is 1.66. The van der Waals surface area contributed by atoms with E-state index in [1.807, 2.05) is 36.4 Å². The van der Waals surface area contributed by atoms with Crippen molar-refractivity contribution in [3.63, 3.8) is 0 Å². The molecule has 0 spiro atoms. The first-order chi connectivity index (χ1) is 13.0. The molecule has 1 aromatic heterocycles. The second-order valence-electron chi connectivity index (χ2n) is 5.70. The van der Waals surface area contributed by atoms with Crippen molar-refractivity contribution in [2.75, 3.05) is 7.11 Å². The van der Waals surface area contributed by atoms with E-state index in [9.17, 15) is 8.42 Å². The lowest BCUT2D eigenvalue weighted by Crippen LogP contribution is -2.23. The molecule has 0 fully saturated rings. The number of methoxy groups -OCH3 is 1. The number of aromatic nitrogens is 1. The number of benzene rings is 2. The van der Waals surface area contributed by atoms with Crippen molar-refractivity contribution in [3.05, 3.63) is 78.0 Å². The largest absolute Gasteiger partial charge is 0.497 e. The van der Waals surface area contributed by atoms with Crippen LogP contribution in [0.2, 0.25) is 0 Å². The van der Waals surface area contributed by atoms with E-state index in [-0.39, 0.29) is 11.4 Å². The van der Waals surface area contributed by atoms with E-state index in [2.05, 4.69) is 9.71 Å². The van der Waals surface area contributed by atoms with Gasteiger partial charge in [0.25, 0.3) is 0 Å². The quantitative estimate of drug-likeness (QED) is 0.710. The number of hydrogen-bond donors (Lipinski definition) is 1. The van der Waals surface area contributed by atoms with Gasteiger partial charge in [0.05, 0.1) is 29.3 Å². The lowest BCUT2D eigenvalue weighted by atomic mass is 10.1. The van der Waals surface area contributed by atoms with E-state index in [0.29, 0.717) is 11.3 Å². The van der Waals surface area contributed by atoms with Crippen LogP contribution in [-0.4, -0.2) is 20.5 Å². The third-order valence-electron chi connectivity index (χ3n) is 4.00. The zero-order valence-corrected chi connectivity index (χ0v) is 15.4. The third-order valence-corrected chi connectivity index (χ3v) is 5.42. The van der Waals surface area contributed by atoms with Crippen molar-refractivity contribution in [2.45, 2.75) is 11.4 Å². The van der Waals surface area contributed by atoms with Crippen LogP contribution in [0.1, 0.15) is 11.1 Å². The fourth-order valence-electron chi connectivity index (χ4n) is 2.55. The average molecular weight is 379 g/mol. The predicted molar refractivity (Wildman–Crippen MR) is 101 cm³/mol. The Labute approximate surface area is 158 Å². The summed E-state index contributed by atoms with van der Waals surface area (Å²) in [6, 6.07) is 18.7. The van der Waals surface area contributed by atoms with E-state index in [1.54, 1.807) is 19.4 Å². The molecule has 7 heteroatoms. The average Bonchev–Trinajstić information content (AvgIpc) is 2.72. The molecule has 2 aromatic carbocycles. The summed E-state index contributed by atoms with van der Waals surface area (Å²) in [5.41, 5.74) is 2.72. The maximum absolute atomic E-state index is 12.5. The number of sulfonamides is 1. The molecule has 27 heavy (non-hydrogen) atoms. The van der Waals surface area contributed by atoms with Gasteiger partial charge in [0.1, 0.15) is 5.75 Å². The number of rotatable bonds is 6. The molecule has 3 rings (SSSR count). The molecule has 0 saturated carbocycles. The number of nitrogens with zero attached hydrogens (tertiary/aromatic N) is 2. The van der Waals surface area contributed by atoms with Gasteiger partial charge in [0, 0.05) is 18.3 Å². The topological polar surface area (TPSA) is 92.1 Å². The minimum Gasteiger partial charge on any atom is -0.497 e.